The van der Waals surface area contributed by atoms with E-state index in [4.69, 9.17) is 0 Å². The van der Waals surface area contributed by atoms with Gasteiger partial charge in [-0.15, -0.1) is 11.3 Å². The number of pyridine rings is 1. The summed E-state index contributed by atoms with van der Waals surface area (Å²) in [5.41, 5.74) is 3.08. The van der Waals surface area contributed by atoms with Gasteiger partial charge in [-0.2, -0.15) is 0 Å². The predicted octanol–water partition coefficient (Wildman–Crippen LogP) is 3.80. The minimum absolute atomic E-state index is 0.319. The quantitative estimate of drug-likeness (QED) is 0.763. The van der Waals surface area contributed by atoms with Gasteiger partial charge in [0.1, 0.15) is 10.7 Å². The topological polar surface area (TPSA) is 72.0 Å². The van der Waals surface area contributed by atoms with Gasteiger partial charge in [-0.05, 0) is 37.3 Å². The molecule has 5 nitrogen and oxygen atoms in total. The molecule has 0 aliphatic rings. The number of sulfone groups is 1. The van der Waals surface area contributed by atoms with E-state index < -0.39 is 15.7 Å². The molecule has 3 rings (SSSR count). The zero-order valence-corrected chi connectivity index (χ0v) is 14.6. The van der Waals surface area contributed by atoms with E-state index in [0.717, 1.165) is 29.3 Å². The lowest BCUT2D eigenvalue weighted by Gasteiger charge is -2.05. The zero-order chi connectivity index (χ0) is 17.3. The minimum atomic E-state index is -3.58. The van der Waals surface area contributed by atoms with Crippen LogP contribution in [0.1, 0.15) is 5.69 Å². The van der Waals surface area contributed by atoms with Crippen molar-refractivity contribution in [3.8, 4) is 11.3 Å². The lowest BCUT2D eigenvalue weighted by molar-refractivity contribution is 0.571. The molecule has 0 fully saturated rings. The molecule has 2 heterocycles. The number of hydrogen-bond acceptors (Lipinski definition) is 6. The number of benzene rings is 1. The molecular weight excluding hydrogens is 349 g/mol. The summed E-state index contributed by atoms with van der Waals surface area (Å²) in [4.78, 5) is 8.28. The molecule has 0 aliphatic carbocycles. The standard InChI is InChI=1S/C16H14FN3O2S2/c1-10-7-11(5-6-18-10)14-9-23-16(20-14)19-12-3-4-15(13(17)8-12)24(2,21)22/h3-9H,1-2H3,(H,19,20). The number of nitrogens with one attached hydrogen (secondary N) is 1. The van der Waals surface area contributed by atoms with Crippen molar-refractivity contribution < 1.29 is 12.8 Å². The van der Waals surface area contributed by atoms with Crippen LogP contribution in [0.2, 0.25) is 0 Å². The van der Waals surface area contributed by atoms with Gasteiger partial charge >= 0.3 is 0 Å². The van der Waals surface area contributed by atoms with E-state index >= 15 is 0 Å². The third-order valence-corrected chi connectivity index (χ3v) is 5.17. The molecular formula is C16H14FN3O2S2. The number of rotatable bonds is 4. The van der Waals surface area contributed by atoms with Crippen LogP contribution in [-0.2, 0) is 9.84 Å². The predicted molar refractivity (Wildman–Crippen MR) is 92.9 cm³/mol. The third-order valence-electron chi connectivity index (χ3n) is 3.28. The van der Waals surface area contributed by atoms with Gasteiger partial charge < -0.3 is 5.32 Å². The van der Waals surface area contributed by atoms with Crippen molar-refractivity contribution in [2.24, 2.45) is 0 Å². The summed E-state index contributed by atoms with van der Waals surface area (Å²) >= 11 is 1.38. The van der Waals surface area contributed by atoms with Crippen LogP contribution in [0.5, 0.6) is 0 Å². The SMILES string of the molecule is Cc1cc(-c2csc(Nc3ccc(S(C)(=O)=O)c(F)c3)n2)ccn1. The summed E-state index contributed by atoms with van der Waals surface area (Å²) in [6.45, 7) is 1.90. The van der Waals surface area contributed by atoms with Crippen LogP contribution in [0.4, 0.5) is 15.2 Å². The molecule has 1 aromatic carbocycles. The Hall–Kier alpha value is -2.32. The average molecular weight is 363 g/mol. The van der Waals surface area contributed by atoms with Crippen molar-refractivity contribution in [2.75, 3.05) is 11.6 Å². The van der Waals surface area contributed by atoms with Gasteiger partial charge in [0.15, 0.2) is 15.0 Å². The van der Waals surface area contributed by atoms with E-state index in [9.17, 15) is 12.8 Å². The van der Waals surface area contributed by atoms with Gasteiger partial charge in [0.2, 0.25) is 0 Å². The van der Waals surface area contributed by atoms with E-state index in [2.05, 4.69) is 15.3 Å². The Morgan fingerprint density at radius 1 is 1.21 bits per heavy atom. The molecule has 3 aromatic rings. The Morgan fingerprint density at radius 3 is 2.67 bits per heavy atom. The van der Waals surface area contributed by atoms with Crippen LogP contribution >= 0.6 is 11.3 Å². The molecule has 0 radical (unpaired) electrons. The van der Waals surface area contributed by atoms with E-state index in [1.807, 2.05) is 24.4 Å². The highest BCUT2D eigenvalue weighted by Crippen LogP contribution is 2.28. The Labute approximate surface area is 143 Å². The number of aromatic nitrogens is 2. The van der Waals surface area contributed by atoms with Crippen molar-refractivity contribution in [2.45, 2.75) is 11.8 Å². The normalized spacial score (nSPS) is 11.5. The molecule has 124 valence electrons. The Kier molecular flexibility index (Phi) is 4.33. The first-order valence-electron chi connectivity index (χ1n) is 6.98. The van der Waals surface area contributed by atoms with Crippen molar-refractivity contribution in [1.82, 2.24) is 9.97 Å². The molecule has 0 unspecified atom stereocenters. The number of hydrogen-bond donors (Lipinski definition) is 1. The molecule has 0 aliphatic heterocycles. The van der Waals surface area contributed by atoms with Crippen molar-refractivity contribution in [1.29, 1.82) is 0 Å². The summed E-state index contributed by atoms with van der Waals surface area (Å²) in [7, 11) is -3.58. The lowest BCUT2D eigenvalue weighted by atomic mass is 10.2. The Bertz CT molecular complexity index is 1000. The van der Waals surface area contributed by atoms with Crippen LogP contribution in [0.25, 0.3) is 11.3 Å². The monoisotopic (exact) mass is 363 g/mol. The molecule has 1 N–H and O–H groups in total. The van der Waals surface area contributed by atoms with Gasteiger partial charge in [-0.25, -0.2) is 17.8 Å². The van der Waals surface area contributed by atoms with Gasteiger partial charge in [0.25, 0.3) is 0 Å². The van der Waals surface area contributed by atoms with Crippen molar-refractivity contribution in [3.05, 3.63) is 53.4 Å². The highest BCUT2D eigenvalue weighted by atomic mass is 32.2. The van der Waals surface area contributed by atoms with Gasteiger partial charge in [-0.1, -0.05) is 0 Å². The molecule has 2 aromatic heterocycles. The maximum Gasteiger partial charge on any atom is 0.187 e. The highest BCUT2D eigenvalue weighted by molar-refractivity contribution is 7.90. The molecule has 0 bridgehead atoms. The average Bonchev–Trinajstić information content (AvgIpc) is 2.94. The van der Waals surface area contributed by atoms with E-state index in [1.54, 1.807) is 6.20 Å². The second kappa shape index (κ2) is 6.29. The van der Waals surface area contributed by atoms with E-state index in [-0.39, 0.29) is 4.90 Å². The van der Waals surface area contributed by atoms with Crippen LogP contribution in [0.3, 0.4) is 0 Å². The number of aryl methyl sites for hydroxylation is 1. The zero-order valence-electron chi connectivity index (χ0n) is 12.9. The molecule has 0 spiro atoms. The number of anilines is 2. The van der Waals surface area contributed by atoms with Gasteiger partial charge in [0, 0.05) is 34.8 Å². The second-order valence-corrected chi connectivity index (χ2v) is 8.11. The highest BCUT2D eigenvalue weighted by Gasteiger charge is 2.14. The largest absolute Gasteiger partial charge is 0.331 e. The van der Waals surface area contributed by atoms with Gasteiger partial charge in [-0.3, -0.25) is 4.98 Å². The second-order valence-electron chi connectivity index (χ2n) is 5.27. The molecule has 0 atom stereocenters. The Balaban J connectivity index is 1.84. The number of thiazole rings is 1. The van der Waals surface area contributed by atoms with Crippen LogP contribution < -0.4 is 5.32 Å². The molecule has 0 amide bonds. The smallest absolute Gasteiger partial charge is 0.187 e. The minimum Gasteiger partial charge on any atom is -0.331 e. The van der Waals surface area contributed by atoms with Crippen LogP contribution in [-0.4, -0.2) is 24.6 Å². The fraction of sp³-hybridized carbons (Fsp3) is 0.125. The first-order chi connectivity index (χ1) is 11.3. The maximum absolute atomic E-state index is 13.9. The molecule has 8 heteroatoms. The molecule has 0 saturated carbocycles. The van der Waals surface area contributed by atoms with Crippen molar-refractivity contribution in [3.63, 3.8) is 0 Å². The summed E-state index contributed by atoms with van der Waals surface area (Å²) < 4.78 is 36.8. The first kappa shape index (κ1) is 16.5. The lowest BCUT2D eigenvalue weighted by Crippen LogP contribution is -2.01. The summed E-state index contributed by atoms with van der Waals surface area (Å²) in [5, 5.41) is 5.46. The molecule has 24 heavy (non-hydrogen) atoms. The van der Waals surface area contributed by atoms with E-state index in [0.29, 0.717) is 10.8 Å². The maximum atomic E-state index is 13.9. The van der Waals surface area contributed by atoms with Crippen LogP contribution in [0.15, 0.2) is 46.8 Å². The molecule has 0 saturated heterocycles. The van der Waals surface area contributed by atoms with Crippen molar-refractivity contribution >= 4 is 32.0 Å². The fourth-order valence-electron chi connectivity index (χ4n) is 2.17. The summed E-state index contributed by atoms with van der Waals surface area (Å²) in [6.07, 6.45) is 2.69. The number of halogens is 1. The first-order valence-corrected chi connectivity index (χ1v) is 9.75. The van der Waals surface area contributed by atoms with Gasteiger partial charge in [0.05, 0.1) is 5.69 Å². The Morgan fingerprint density at radius 2 is 2.00 bits per heavy atom. The number of nitrogens with zero attached hydrogens (tertiary/aromatic N) is 2. The third kappa shape index (κ3) is 3.60. The van der Waals surface area contributed by atoms with E-state index in [1.165, 1.54) is 23.5 Å². The fourth-order valence-corrected chi connectivity index (χ4v) is 3.64. The van der Waals surface area contributed by atoms with Crippen LogP contribution in [0, 0.1) is 12.7 Å². The summed E-state index contributed by atoms with van der Waals surface area (Å²) in [5.74, 6) is -0.788. The summed E-state index contributed by atoms with van der Waals surface area (Å²) in [6, 6.07) is 7.70.